The van der Waals surface area contributed by atoms with Gasteiger partial charge in [0.1, 0.15) is 11.4 Å². The number of likely N-dealkylation sites (tertiary alicyclic amines) is 1. The molecule has 2 aromatic heterocycles. The van der Waals surface area contributed by atoms with Gasteiger partial charge in [0.2, 0.25) is 5.91 Å². The number of hydrogen-bond acceptors (Lipinski definition) is 9. The van der Waals surface area contributed by atoms with Crippen molar-refractivity contribution in [2.24, 2.45) is 0 Å². The van der Waals surface area contributed by atoms with Crippen LogP contribution in [0.3, 0.4) is 0 Å². The number of rotatable bonds is 5. The van der Waals surface area contributed by atoms with Crippen molar-refractivity contribution in [1.82, 2.24) is 25.4 Å². The van der Waals surface area contributed by atoms with E-state index in [9.17, 15) is 9.90 Å². The number of nitrogens with two attached hydrogens (primary N) is 1. The van der Waals surface area contributed by atoms with Crippen LogP contribution in [0.25, 0.3) is 11.3 Å². The number of para-hydroxylation sites is 1. The van der Waals surface area contributed by atoms with Gasteiger partial charge in [-0.3, -0.25) is 9.69 Å². The SMILES string of the molecule is CNC(=O)C1CCCCN1CC#Cc1cc(N2C3CCC2CN(c2cc(-c4ccccc4O)nnc2N)C3)ccn1. The Morgan fingerprint density at radius 2 is 1.90 bits per heavy atom. The Labute approximate surface area is 240 Å². The highest BCUT2D eigenvalue weighted by atomic mass is 16.3. The molecule has 0 saturated carbocycles. The van der Waals surface area contributed by atoms with E-state index in [4.69, 9.17) is 5.73 Å². The predicted molar refractivity (Wildman–Crippen MR) is 159 cm³/mol. The monoisotopic (exact) mass is 552 g/mol. The third kappa shape index (κ3) is 5.50. The Morgan fingerprint density at radius 3 is 2.68 bits per heavy atom. The van der Waals surface area contributed by atoms with Crippen LogP contribution in [0.1, 0.15) is 37.8 Å². The summed E-state index contributed by atoms with van der Waals surface area (Å²) in [6.45, 7) is 3.06. The molecule has 212 valence electrons. The molecule has 6 rings (SSSR count). The molecule has 3 unspecified atom stereocenters. The van der Waals surface area contributed by atoms with Gasteiger partial charge in [0.05, 0.1) is 24.0 Å². The van der Waals surface area contributed by atoms with E-state index in [2.05, 4.69) is 59.2 Å². The van der Waals surface area contributed by atoms with E-state index in [-0.39, 0.29) is 17.7 Å². The number of carbonyl (C=O) groups is 1. The van der Waals surface area contributed by atoms with Crippen LogP contribution in [-0.2, 0) is 4.79 Å². The molecule has 10 nitrogen and oxygen atoms in total. The number of pyridine rings is 1. The number of fused-ring (bicyclic) bond motifs is 2. The van der Waals surface area contributed by atoms with Crippen LogP contribution < -0.4 is 20.9 Å². The van der Waals surface area contributed by atoms with Gasteiger partial charge in [-0.2, -0.15) is 0 Å². The number of phenols is 1. The summed E-state index contributed by atoms with van der Waals surface area (Å²) in [5.74, 6) is 7.14. The third-order valence-electron chi connectivity index (χ3n) is 8.51. The average molecular weight is 553 g/mol. The molecule has 3 aromatic rings. The van der Waals surface area contributed by atoms with Gasteiger partial charge in [-0.1, -0.05) is 24.5 Å². The standard InChI is InChI=1S/C31H36N8O2/c1-33-31(41)27-9-4-5-15-37(27)16-6-7-21-17-22(13-14-34-21)39-23-11-12-24(39)20-38(19-23)28-18-26(35-36-30(28)32)25-8-2-3-10-29(25)40/h2-3,8,10,13-14,17-18,23-24,27,40H,4-5,9,11-12,15-16,19-20H2,1H3,(H2,32,36)(H,33,41). The first-order chi connectivity index (χ1) is 20.0. The fraction of sp³-hybridized carbons (Fsp3) is 0.419. The number of nitrogens with one attached hydrogen (secondary N) is 1. The molecule has 0 spiro atoms. The lowest BCUT2D eigenvalue weighted by Crippen LogP contribution is -2.54. The molecule has 3 aliphatic heterocycles. The molecule has 2 bridgehead atoms. The molecule has 41 heavy (non-hydrogen) atoms. The third-order valence-corrected chi connectivity index (χ3v) is 8.51. The number of likely N-dealkylation sites (N-methyl/N-ethyl adjacent to an activating group) is 1. The number of aromatic hydroxyl groups is 1. The Morgan fingerprint density at radius 1 is 1.10 bits per heavy atom. The van der Waals surface area contributed by atoms with Crippen molar-refractivity contribution in [2.75, 3.05) is 48.8 Å². The van der Waals surface area contributed by atoms with Crippen LogP contribution in [0, 0.1) is 11.8 Å². The molecule has 3 fully saturated rings. The molecule has 0 aliphatic carbocycles. The van der Waals surface area contributed by atoms with Crippen LogP contribution in [0.5, 0.6) is 5.75 Å². The summed E-state index contributed by atoms with van der Waals surface area (Å²) in [4.78, 5) is 23.8. The second-order valence-electron chi connectivity index (χ2n) is 11.0. The van der Waals surface area contributed by atoms with Gasteiger partial charge < -0.3 is 26.0 Å². The summed E-state index contributed by atoms with van der Waals surface area (Å²) in [5.41, 5.74) is 10.3. The molecule has 10 heteroatoms. The molecule has 3 saturated heterocycles. The number of anilines is 3. The van der Waals surface area contributed by atoms with Crippen molar-refractivity contribution in [3.05, 3.63) is 54.4 Å². The number of amides is 1. The average Bonchev–Trinajstić information content (AvgIpc) is 3.27. The number of phenolic OH excluding ortho intramolecular Hbond substituents is 1. The molecular weight excluding hydrogens is 516 g/mol. The zero-order chi connectivity index (χ0) is 28.3. The lowest BCUT2D eigenvalue weighted by molar-refractivity contribution is -0.126. The van der Waals surface area contributed by atoms with E-state index in [0.717, 1.165) is 68.8 Å². The first-order valence-corrected chi connectivity index (χ1v) is 14.4. The zero-order valence-corrected chi connectivity index (χ0v) is 23.3. The van der Waals surface area contributed by atoms with Crippen LogP contribution >= 0.6 is 0 Å². The van der Waals surface area contributed by atoms with Crippen molar-refractivity contribution in [3.8, 4) is 28.8 Å². The first-order valence-electron chi connectivity index (χ1n) is 14.4. The van der Waals surface area contributed by atoms with Crippen molar-refractivity contribution >= 4 is 23.1 Å². The molecule has 1 aromatic carbocycles. The van der Waals surface area contributed by atoms with Gasteiger partial charge in [-0.15, -0.1) is 10.2 Å². The normalized spacial score (nSPS) is 22.2. The highest BCUT2D eigenvalue weighted by Gasteiger charge is 2.41. The Kier molecular flexibility index (Phi) is 7.61. The smallest absolute Gasteiger partial charge is 0.237 e. The van der Waals surface area contributed by atoms with Crippen LogP contribution in [0.2, 0.25) is 0 Å². The Balaban J connectivity index is 1.17. The summed E-state index contributed by atoms with van der Waals surface area (Å²) in [6.07, 6.45) is 7.05. The summed E-state index contributed by atoms with van der Waals surface area (Å²) >= 11 is 0. The molecule has 3 aliphatic rings. The van der Waals surface area contributed by atoms with E-state index in [1.54, 1.807) is 19.2 Å². The highest BCUT2D eigenvalue weighted by molar-refractivity contribution is 5.81. The summed E-state index contributed by atoms with van der Waals surface area (Å²) < 4.78 is 0. The minimum Gasteiger partial charge on any atom is -0.507 e. The van der Waals surface area contributed by atoms with Gasteiger partial charge in [0.25, 0.3) is 0 Å². The van der Waals surface area contributed by atoms with Crippen molar-refractivity contribution in [2.45, 2.75) is 50.2 Å². The fourth-order valence-corrected chi connectivity index (χ4v) is 6.51. The summed E-state index contributed by atoms with van der Waals surface area (Å²) in [5, 5.41) is 21.6. The first kappa shape index (κ1) is 26.8. The number of nitrogen functional groups attached to an aromatic ring is 1. The number of benzene rings is 1. The van der Waals surface area contributed by atoms with Crippen LogP contribution in [0.15, 0.2) is 48.7 Å². The predicted octanol–water partition coefficient (Wildman–Crippen LogP) is 2.64. The van der Waals surface area contributed by atoms with Gasteiger partial charge in [0, 0.05) is 49.7 Å². The maximum Gasteiger partial charge on any atom is 0.237 e. The number of piperazine rings is 1. The topological polar surface area (TPSA) is 124 Å². The number of nitrogens with zero attached hydrogens (tertiary/aromatic N) is 6. The number of hydrogen-bond donors (Lipinski definition) is 3. The largest absolute Gasteiger partial charge is 0.507 e. The van der Waals surface area contributed by atoms with E-state index in [1.165, 1.54) is 0 Å². The highest BCUT2D eigenvalue weighted by Crippen LogP contribution is 2.39. The van der Waals surface area contributed by atoms with Crippen molar-refractivity contribution < 1.29 is 9.90 Å². The van der Waals surface area contributed by atoms with Gasteiger partial charge in [-0.05, 0) is 68.5 Å². The Hall–Kier alpha value is -4.36. The van der Waals surface area contributed by atoms with E-state index in [1.807, 2.05) is 24.4 Å². The maximum absolute atomic E-state index is 12.3. The molecule has 3 atom stereocenters. The van der Waals surface area contributed by atoms with Crippen molar-refractivity contribution in [3.63, 3.8) is 0 Å². The lowest BCUT2D eigenvalue weighted by Gasteiger charge is -2.43. The molecule has 0 radical (unpaired) electrons. The van der Waals surface area contributed by atoms with E-state index < -0.39 is 0 Å². The minimum atomic E-state index is -0.103. The van der Waals surface area contributed by atoms with Crippen molar-refractivity contribution in [1.29, 1.82) is 0 Å². The molecular formula is C31H36N8O2. The Bertz CT molecular complexity index is 1470. The van der Waals surface area contributed by atoms with Gasteiger partial charge >= 0.3 is 0 Å². The molecule has 5 heterocycles. The quantitative estimate of drug-likeness (QED) is 0.410. The minimum absolute atomic E-state index is 0.0694. The molecule has 4 N–H and O–H groups in total. The van der Waals surface area contributed by atoms with E-state index >= 15 is 0 Å². The van der Waals surface area contributed by atoms with Gasteiger partial charge in [0.15, 0.2) is 5.82 Å². The summed E-state index contributed by atoms with van der Waals surface area (Å²) in [7, 11) is 1.69. The number of aromatic nitrogens is 3. The maximum atomic E-state index is 12.3. The van der Waals surface area contributed by atoms with E-state index in [0.29, 0.717) is 35.7 Å². The zero-order valence-electron chi connectivity index (χ0n) is 23.3. The van der Waals surface area contributed by atoms with Gasteiger partial charge in [-0.25, -0.2) is 4.98 Å². The van der Waals surface area contributed by atoms with Crippen LogP contribution in [0.4, 0.5) is 17.2 Å². The number of piperidine rings is 1. The second-order valence-corrected chi connectivity index (χ2v) is 11.0. The number of carbonyl (C=O) groups excluding carboxylic acids is 1. The second kappa shape index (κ2) is 11.6. The van der Waals surface area contributed by atoms with Crippen LogP contribution in [-0.4, -0.2) is 82.4 Å². The molecule has 1 amide bonds. The summed E-state index contributed by atoms with van der Waals surface area (Å²) in [6, 6.07) is 13.8. The lowest BCUT2D eigenvalue weighted by atomic mass is 10.0. The fourth-order valence-electron chi connectivity index (χ4n) is 6.51.